The zero-order valence-electron chi connectivity index (χ0n) is 13.2. The quantitative estimate of drug-likeness (QED) is 0.888. The Labute approximate surface area is 131 Å². The van der Waals surface area contributed by atoms with Gasteiger partial charge < -0.3 is 10.2 Å². The fourth-order valence-corrected chi connectivity index (χ4v) is 4.23. The van der Waals surface area contributed by atoms with E-state index in [2.05, 4.69) is 24.1 Å². The highest BCUT2D eigenvalue weighted by Crippen LogP contribution is 2.19. The monoisotopic (exact) mass is 325 g/mol. The van der Waals surface area contributed by atoms with Gasteiger partial charge in [0.25, 0.3) is 5.91 Å². The molecule has 6 nitrogen and oxygen atoms in total. The lowest BCUT2D eigenvalue weighted by Crippen LogP contribution is -2.38. The molecule has 0 radical (unpaired) electrons. The predicted octanol–water partition coefficient (Wildman–Crippen LogP) is 1.55. The summed E-state index contributed by atoms with van der Waals surface area (Å²) in [6.45, 7) is 4.15. The maximum atomic E-state index is 12.5. The molecular weight excluding hydrogens is 302 g/mol. The normalized spacial score (nSPS) is 21.3. The van der Waals surface area contributed by atoms with Crippen LogP contribution in [-0.2, 0) is 9.84 Å². The van der Waals surface area contributed by atoms with Gasteiger partial charge in [-0.15, -0.1) is 0 Å². The van der Waals surface area contributed by atoms with Gasteiger partial charge in [-0.2, -0.15) is 0 Å². The highest BCUT2D eigenvalue weighted by molar-refractivity contribution is 7.91. The molecule has 2 heterocycles. The minimum atomic E-state index is -3.01. The molecule has 122 valence electrons. The van der Waals surface area contributed by atoms with Crippen molar-refractivity contribution in [2.24, 2.45) is 0 Å². The number of hydrogen-bond acceptors (Lipinski definition) is 5. The number of rotatable bonds is 5. The Hall–Kier alpha value is -1.63. The molecule has 7 heteroatoms. The molecule has 1 fully saturated rings. The second kappa shape index (κ2) is 6.64. The zero-order valence-corrected chi connectivity index (χ0v) is 14.1. The van der Waals surface area contributed by atoms with Crippen LogP contribution >= 0.6 is 0 Å². The molecule has 0 aromatic carbocycles. The first-order valence-corrected chi connectivity index (χ1v) is 9.34. The second-order valence-corrected chi connectivity index (χ2v) is 8.09. The van der Waals surface area contributed by atoms with Crippen molar-refractivity contribution in [1.29, 1.82) is 0 Å². The lowest BCUT2D eigenvalue weighted by Gasteiger charge is -2.23. The SMILES string of the molecule is CCC(C)Nc1ccnc(C(=O)N(C)C2CCS(=O)(=O)C2)c1. The average molecular weight is 325 g/mol. The maximum Gasteiger partial charge on any atom is 0.272 e. The summed E-state index contributed by atoms with van der Waals surface area (Å²) in [6.07, 6.45) is 3.07. The number of aromatic nitrogens is 1. The number of carbonyl (C=O) groups is 1. The highest BCUT2D eigenvalue weighted by Gasteiger charge is 2.33. The zero-order chi connectivity index (χ0) is 16.3. The molecule has 1 saturated heterocycles. The fourth-order valence-electron chi connectivity index (χ4n) is 2.45. The van der Waals surface area contributed by atoms with Gasteiger partial charge in [-0.3, -0.25) is 9.78 Å². The number of nitrogens with zero attached hydrogens (tertiary/aromatic N) is 2. The third kappa shape index (κ3) is 3.97. The molecule has 0 bridgehead atoms. The van der Waals surface area contributed by atoms with Gasteiger partial charge >= 0.3 is 0 Å². The van der Waals surface area contributed by atoms with Crippen LogP contribution in [0.5, 0.6) is 0 Å². The van der Waals surface area contributed by atoms with E-state index in [1.807, 2.05) is 6.07 Å². The summed E-state index contributed by atoms with van der Waals surface area (Å²) in [5.41, 5.74) is 1.18. The Morgan fingerprint density at radius 1 is 1.55 bits per heavy atom. The highest BCUT2D eigenvalue weighted by atomic mass is 32.2. The van der Waals surface area contributed by atoms with Crippen LogP contribution in [0.15, 0.2) is 18.3 Å². The van der Waals surface area contributed by atoms with E-state index >= 15 is 0 Å². The summed E-state index contributed by atoms with van der Waals surface area (Å²) in [6, 6.07) is 3.59. The number of hydrogen-bond donors (Lipinski definition) is 1. The molecule has 1 N–H and O–H groups in total. The van der Waals surface area contributed by atoms with E-state index in [-0.39, 0.29) is 23.5 Å². The number of anilines is 1. The van der Waals surface area contributed by atoms with E-state index in [9.17, 15) is 13.2 Å². The third-order valence-electron chi connectivity index (χ3n) is 4.08. The largest absolute Gasteiger partial charge is 0.382 e. The number of sulfone groups is 1. The van der Waals surface area contributed by atoms with Crippen LogP contribution in [0.1, 0.15) is 37.2 Å². The molecule has 2 rings (SSSR count). The first kappa shape index (κ1) is 16.7. The van der Waals surface area contributed by atoms with Gasteiger partial charge in [-0.25, -0.2) is 8.42 Å². The van der Waals surface area contributed by atoms with E-state index in [1.54, 1.807) is 19.3 Å². The Balaban J connectivity index is 2.10. The summed E-state index contributed by atoms with van der Waals surface area (Å²) in [7, 11) is -1.37. The Morgan fingerprint density at radius 2 is 2.27 bits per heavy atom. The third-order valence-corrected chi connectivity index (χ3v) is 5.83. The molecule has 1 aliphatic heterocycles. The Bertz CT molecular complexity index is 645. The summed E-state index contributed by atoms with van der Waals surface area (Å²) in [4.78, 5) is 18.1. The molecule has 1 aromatic heterocycles. The van der Waals surface area contributed by atoms with Gasteiger partial charge in [0, 0.05) is 31.0 Å². The summed E-state index contributed by atoms with van der Waals surface area (Å²) < 4.78 is 23.1. The van der Waals surface area contributed by atoms with Crippen molar-refractivity contribution in [3.8, 4) is 0 Å². The van der Waals surface area contributed by atoms with E-state index < -0.39 is 9.84 Å². The van der Waals surface area contributed by atoms with Gasteiger partial charge in [0.1, 0.15) is 5.69 Å². The van der Waals surface area contributed by atoms with Gasteiger partial charge in [-0.05, 0) is 31.9 Å². The van der Waals surface area contributed by atoms with Crippen LogP contribution in [-0.4, -0.2) is 54.8 Å². The minimum absolute atomic E-state index is 0.0417. The Morgan fingerprint density at radius 3 is 2.86 bits per heavy atom. The van der Waals surface area contributed by atoms with Crippen molar-refractivity contribution < 1.29 is 13.2 Å². The molecule has 0 spiro atoms. The summed E-state index contributed by atoms with van der Waals surface area (Å²) in [5, 5.41) is 3.30. The molecule has 1 aliphatic rings. The molecule has 2 atom stereocenters. The standard InChI is InChI=1S/C15H23N3O3S/c1-4-11(2)17-12-5-7-16-14(9-12)15(19)18(3)13-6-8-22(20,21)10-13/h5,7,9,11,13H,4,6,8,10H2,1-3H3,(H,16,17). The van der Waals surface area contributed by atoms with Crippen molar-refractivity contribution in [1.82, 2.24) is 9.88 Å². The van der Waals surface area contributed by atoms with Crippen LogP contribution in [0, 0.1) is 0 Å². The second-order valence-electron chi connectivity index (χ2n) is 5.86. The number of carbonyl (C=O) groups excluding carboxylic acids is 1. The van der Waals surface area contributed by atoms with Gasteiger partial charge in [0.2, 0.25) is 0 Å². The van der Waals surface area contributed by atoms with Crippen LogP contribution in [0.25, 0.3) is 0 Å². The van der Waals surface area contributed by atoms with Crippen LogP contribution < -0.4 is 5.32 Å². The first-order chi connectivity index (χ1) is 10.3. The van der Waals surface area contributed by atoms with Crippen LogP contribution in [0.4, 0.5) is 5.69 Å². The van der Waals surface area contributed by atoms with Gasteiger partial charge in [0.15, 0.2) is 9.84 Å². The summed E-state index contributed by atoms with van der Waals surface area (Å²) >= 11 is 0. The number of amides is 1. The van der Waals surface area contributed by atoms with Crippen molar-refractivity contribution in [2.75, 3.05) is 23.9 Å². The van der Waals surface area contributed by atoms with Crippen molar-refractivity contribution >= 4 is 21.4 Å². The molecule has 2 unspecified atom stereocenters. The molecule has 1 aromatic rings. The van der Waals surface area contributed by atoms with Crippen molar-refractivity contribution in [2.45, 2.75) is 38.8 Å². The van der Waals surface area contributed by atoms with Gasteiger partial charge in [0.05, 0.1) is 11.5 Å². The molecule has 1 amide bonds. The lowest BCUT2D eigenvalue weighted by atomic mass is 10.2. The van der Waals surface area contributed by atoms with Gasteiger partial charge in [-0.1, -0.05) is 6.92 Å². The summed E-state index contributed by atoms with van der Waals surface area (Å²) in [5.74, 6) is -0.0480. The molecule has 22 heavy (non-hydrogen) atoms. The fraction of sp³-hybridized carbons (Fsp3) is 0.600. The topological polar surface area (TPSA) is 79.4 Å². The van der Waals surface area contributed by atoms with Crippen LogP contribution in [0.2, 0.25) is 0 Å². The van der Waals surface area contributed by atoms with E-state index in [4.69, 9.17) is 0 Å². The van der Waals surface area contributed by atoms with Crippen molar-refractivity contribution in [3.63, 3.8) is 0 Å². The Kier molecular flexibility index (Phi) is 5.05. The molecule has 0 aliphatic carbocycles. The van der Waals surface area contributed by atoms with E-state index in [0.29, 0.717) is 18.2 Å². The number of nitrogens with one attached hydrogen (secondary N) is 1. The first-order valence-electron chi connectivity index (χ1n) is 7.52. The molecule has 0 saturated carbocycles. The number of pyridine rings is 1. The maximum absolute atomic E-state index is 12.5. The lowest BCUT2D eigenvalue weighted by molar-refractivity contribution is 0.0742. The average Bonchev–Trinajstić information content (AvgIpc) is 2.86. The van der Waals surface area contributed by atoms with Crippen molar-refractivity contribution in [3.05, 3.63) is 24.0 Å². The van der Waals surface area contributed by atoms with E-state index in [1.165, 1.54) is 4.90 Å². The van der Waals surface area contributed by atoms with E-state index in [0.717, 1.165) is 12.1 Å². The van der Waals surface area contributed by atoms with Crippen LogP contribution in [0.3, 0.4) is 0 Å². The predicted molar refractivity (Wildman–Crippen MR) is 86.8 cm³/mol. The smallest absolute Gasteiger partial charge is 0.272 e. The molecular formula is C15H23N3O3S. The minimum Gasteiger partial charge on any atom is -0.382 e.